The van der Waals surface area contributed by atoms with Gasteiger partial charge < -0.3 is 9.47 Å². The predicted octanol–water partition coefficient (Wildman–Crippen LogP) is 3.84. The molecule has 0 aromatic heterocycles. The van der Waals surface area contributed by atoms with Gasteiger partial charge in [0.25, 0.3) is 0 Å². The van der Waals surface area contributed by atoms with E-state index in [9.17, 15) is 9.18 Å². The quantitative estimate of drug-likeness (QED) is 0.476. The molecule has 0 amide bonds. The number of hydrogen-bond acceptors (Lipinski definition) is 3. The molecule has 0 aliphatic rings. The maximum absolute atomic E-state index is 12.7. The van der Waals surface area contributed by atoms with Gasteiger partial charge in [0.05, 0.1) is 6.61 Å². The number of carbonyl (C=O) groups excluding carboxylic acids is 1. The van der Waals surface area contributed by atoms with Crippen molar-refractivity contribution in [1.29, 1.82) is 0 Å². The fourth-order valence-corrected chi connectivity index (χ4v) is 1.66. The van der Waals surface area contributed by atoms with Gasteiger partial charge in [-0.15, -0.1) is 0 Å². The third-order valence-electron chi connectivity index (χ3n) is 2.64. The molecule has 0 atom stereocenters. The Morgan fingerprint density at radius 2 is 1.67 bits per heavy atom. The topological polar surface area (TPSA) is 35.5 Å². The highest BCUT2D eigenvalue weighted by molar-refractivity contribution is 5.88. The van der Waals surface area contributed by atoms with Crippen molar-refractivity contribution in [2.45, 2.75) is 6.92 Å². The van der Waals surface area contributed by atoms with Crippen LogP contribution in [0.2, 0.25) is 0 Å². The van der Waals surface area contributed by atoms with E-state index in [1.54, 1.807) is 6.08 Å². The Hall–Kier alpha value is -2.62. The highest BCUT2D eigenvalue weighted by Crippen LogP contribution is 2.14. The Labute approximate surface area is 122 Å². The third kappa shape index (κ3) is 4.76. The minimum atomic E-state index is -0.518. The molecule has 108 valence electrons. The lowest BCUT2D eigenvalue weighted by Crippen LogP contribution is -2.03. The molecule has 4 heteroatoms. The molecule has 0 fully saturated rings. The van der Waals surface area contributed by atoms with Gasteiger partial charge in [-0.05, 0) is 55.0 Å². The van der Waals surface area contributed by atoms with Gasteiger partial charge in [0.1, 0.15) is 17.3 Å². The van der Waals surface area contributed by atoms with Crippen LogP contribution in [0.15, 0.2) is 54.6 Å². The molecule has 2 rings (SSSR count). The largest absolute Gasteiger partial charge is 0.494 e. The molecule has 2 aromatic carbocycles. The summed E-state index contributed by atoms with van der Waals surface area (Å²) >= 11 is 0. The van der Waals surface area contributed by atoms with Crippen molar-refractivity contribution in [3.63, 3.8) is 0 Å². The molecular weight excluding hydrogens is 271 g/mol. The Kier molecular flexibility index (Phi) is 5.10. The van der Waals surface area contributed by atoms with Gasteiger partial charge in [0, 0.05) is 6.08 Å². The summed E-state index contributed by atoms with van der Waals surface area (Å²) in [5.41, 5.74) is 0.856. The zero-order valence-corrected chi connectivity index (χ0v) is 11.6. The highest BCUT2D eigenvalue weighted by Gasteiger charge is 2.00. The molecule has 3 nitrogen and oxygen atoms in total. The summed E-state index contributed by atoms with van der Waals surface area (Å²) in [7, 11) is 0. The Morgan fingerprint density at radius 1 is 1.05 bits per heavy atom. The summed E-state index contributed by atoms with van der Waals surface area (Å²) < 4.78 is 23.1. The van der Waals surface area contributed by atoms with Crippen molar-refractivity contribution in [3.05, 3.63) is 66.0 Å². The molecule has 0 saturated carbocycles. The maximum atomic E-state index is 12.7. The fourth-order valence-electron chi connectivity index (χ4n) is 1.66. The van der Waals surface area contributed by atoms with Crippen LogP contribution in [0.1, 0.15) is 12.5 Å². The maximum Gasteiger partial charge on any atom is 0.336 e. The van der Waals surface area contributed by atoms with Gasteiger partial charge in [-0.3, -0.25) is 0 Å². The lowest BCUT2D eigenvalue weighted by atomic mass is 10.2. The van der Waals surface area contributed by atoms with E-state index in [1.165, 1.54) is 30.3 Å². The monoisotopic (exact) mass is 286 g/mol. The number of rotatable bonds is 5. The average molecular weight is 286 g/mol. The molecule has 2 aromatic rings. The van der Waals surface area contributed by atoms with Crippen LogP contribution in [0.5, 0.6) is 11.5 Å². The fraction of sp³-hybridized carbons (Fsp3) is 0.118. The summed E-state index contributed by atoms with van der Waals surface area (Å²) in [6.07, 6.45) is 2.96. The second-order valence-electron chi connectivity index (χ2n) is 4.21. The minimum Gasteiger partial charge on any atom is -0.494 e. The van der Waals surface area contributed by atoms with Crippen molar-refractivity contribution in [2.24, 2.45) is 0 Å². The first-order valence-corrected chi connectivity index (χ1v) is 6.55. The SMILES string of the molecule is CCOc1ccc(C=CC(=O)Oc2ccc(F)cc2)cc1. The Morgan fingerprint density at radius 3 is 2.29 bits per heavy atom. The van der Waals surface area contributed by atoms with E-state index in [2.05, 4.69) is 0 Å². The standard InChI is InChI=1S/C17H15FO3/c1-2-20-15-8-3-13(4-9-15)5-12-17(19)21-16-10-6-14(18)7-11-16/h3-12H,2H2,1H3. The number of carbonyl (C=O) groups is 1. The molecule has 0 saturated heterocycles. The lowest BCUT2D eigenvalue weighted by Gasteiger charge is -2.02. The first-order chi connectivity index (χ1) is 10.2. The summed E-state index contributed by atoms with van der Waals surface area (Å²) in [6.45, 7) is 2.53. The molecular formula is C17H15FO3. The molecule has 0 bridgehead atoms. The number of esters is 1. The zero-order valence-electron chi connectivity index (χ0n) is 11.6. The molecule has 0 N–H and O–H groups in total. The smallest absolute Gasteiger partial charge is 0.336 e. The molecule has 0 unspecified atom stereocenters. The van der Waals surface area contributed by atoms with Crippen LogP contribution in [0, 0.1) is 5.82 Å². The van der Waals surface area contributed by atoms with Crippen molar-refractivity contribution in [1.82, 2.24) is 0 Å². The van der Waals surface area contributed by atoms with Crippen LogP contribution < -0.4 is 9.47 Å². The molecule has 0 aliphatic carbocycles. The number of benzene rings is 2. The third-order valence-corrected chi connectivity index (χ3v) is 2.64. The molecule has 0 aliphatic heterocycles. The van der Waals surface area contributed by atoms with E-state index < -0.39 is 5.97 Å². The van der Waals surface area contributed by atoms with Crippen molar-refractivity contribution < 1.29 is 18.7 Å². The number of ether oxygens (including phenoxy) is 2. The summed E-state index contributed by atoms with van der Waals surface area (Å²) in [5.74, 6) is 0.191. The van der Waals surface area contributed by atoms with Gasteiger partial charge in [-0.2, -0.15) is 0 Å². The normalized spacial score (nSPS) is 10.6. The van der Waals surface area contributed by atoms with Gasteiger partial charge in [-0.25, -0.2) is 9.18 Å². The molecule has 0 heterocycles. The lowest BCUT2D eigenvalue weighted by molar-refractivity contribution is -0.128. The Bertz CT molecular complexity index is 615. The van der Waals surface area contributed by atoms with Crippen LogP contribution in [0.3, 0.4) is 0 Å². The summed E-state index contributed by atoms with van der Waals surface area (Å²) in [6, 6.07) is 12.6. The second kappa shape index (κ2) is 7.24. The van der Waals surface area contributed by atoms with Crippen molar-refractivity contribution >= 4 is 12.0 Å². The van der Waals surface area contributed by atoms with Gasteiger partial charge in [0.2, 0.25) is 0 Å². The molecule has 21 heavy (non-hydrogen) atoms. The van der Waals surface area contributed by atoms with E-state index in [-0.39, 0.29) is 5.82 Å². The number of halogens is 1. The zero-order chi connectivity index (χ0) is 15.1. The molecule has 0 spiro atoms. The van der Waals surface area contributed by atoms with E-state index in [4.69, 9.17) is 9.47 Å². The minimum absolute atomic E-state index is 0.303. The van der Waals surface area contributed by atoms with Gasteiger partial charge in [-0.1, -0.05) is 12.1 Å². The first-order valence-electron chi connectivity index (χ1n) is 6.55. The van der Waals surface area contributed by atoms with Crippen molar-refractivity contribution in [2.75, 3.05) is 6.61 Å². The summed E-state index contributed by atoms with van der Waals surface area (Å²) in [5, 5.41) is 0. The van der Waals surface area contributed by atoms with E-state index >= 15 is 0 Å². The van der Waals surface area contributed by atoms with Crippen LogP contribution in [0.4, 0.5) is 4.39 Å². The van der Waals surface area contributed by atoms with Crippen LogP contribution in [-0.4, -0.2) is 12.6 Å². The first kappa shape index (κ1) is 14.8. The van der Waals surface area contributed by atoms with Crippen LogP contribution in [-0.2, 0) is 4.79 Å². The van der Waals surface area contributed by atoms with E-state index in [0.717, 1.165) is 11.3 Å². The number of hydrogen-bond donors (Lipinski definition) is 0. The van der Waals surface area contributed by atoms with Gasteiger partial charge in [0.15, 0.2) is 0 Å². The predicted molar refractivity (Wildman–Crippen MR) is 78.7 cm³/mol. The average Bonchev–Trinajstić information content (AvgIpc) is 2.49. The summed E-state index contributed by atoms with van der Waals surface area (Å²) in [4.78, 5) is 11.6. The molecule has 0 radical (unpaired) electrons. The van der Waals surface area contributed by atoms with Crippen LogP contribution >= 0.6 is 0 Å². The van der Waals surface area contributed by atoms with Gasteiger partial charge >= 0.3 is 5.97 Å². The highest BCUT2D eigenvalue weighted by atomic mass is 19.1. The second-order valence-corrected chi connectivity index (χ2v) is 4.21. The van der Waals surface area contributed by atoms with E-state index in [0.29, 0.717) is 12.4 Å². The van der Waals surface area contributed by atoms with E-state index in [1.807, 2.05) is 31.2 Å². The van der Waals surface area contributed by atoms with Crippen molar-refractivity contribution in [3.8, 4) is 11.5 Å². The van der Waals surface area contributed by atoms with Crippen LogP contribution in [0.25, 0.3) is 6.08 Å². The Balaban J connectivity index is 1.93.